The monoisotopic (exact) mass is 330 g/mol. The van der Waals surface area contributed by atoms with Gasteiger partial charge in [0.2, 0.25) is 0 Å². The van der Waals surface area contributed by atoms with E-state index in [2.05, 4.69) is 10.3 Å². The van der Waals surface area contributed by atoms with Crippen LogP contribution in [0.4, 0.5) is 0 Å². The Morgan fingerprint density at radius 2 is 2.09 bits per heavy atom. The lowest BCUT2D eigenvalue weighted by Crippen LogP contribution is -2.41. The smallest absolute Gasteiger partial charge is 0.253 e. The molecule has 1 aliphatic heterocycles. The number of aromatic nitrogens is 1. The van der Waals surface area contributed by atoms with E-state index in [0.717, 1.165) is 12.0 Å². The summed E-state index contributed by atoms with van der Waals surface area (Å²) in [6, 6.07) is 9.46. The summed E-state index contributed by atoms with van der Waals surface area (Å²) >= 11 is 6.18. The van der Waals surface area contributed by atoms with Gasteiger partial charge in [0.15, 0.2) is 0 Å². The van der Waals surface area contributed by atoms with Gasteiger partial charge in [0.25, 0.3) is 5.91 Å². The molecule has 120 valence electrons. The van der Waals surface area contributed by atoms with E-state index in [-0.39, 0.29) is 17.9 Å². The van der Waals surface area contributed by atoms with Crippen molar-refractivity contribution in [2.45, 2.75) is 19.4 Å². The van der Waals surface area contributed by atoms with E-state index < -0.39 is 0 Å². The molecular weight excluding hydrogens is 312 g/mol. The number of rotatable bonds is 4. The van der Waals surface area contributed by atoms with Crippen LogP contribution in [0, 0.1) is 12.8 Å². The van der Waals surface area contributed by atoms with Crippen LogP contribution < -0.4 is 5.32 Å². The lowest BCUT2D eigenvalue weighted by molar-refractivity contribution is 0.0924. The van der Waals surface area contributed by atoms with Crippen molar-refractivity contribution in [1.82, 2.24) is 10.3 Å². The number of amides is 1. The second-order valence-corrected chi connectivity index (χ2v) is 6.28. The maximum atomic E-state index is 12.6. The Labute approximate surface area is 140 Å². The molecule has 1 fully saturated rings. The van der Waals surface area contributed by atoms with Crippen LogP contribution in [0.25, 0.3) is 0 Å². The first kappa shape index (κ1) is 16.0. The number of carbonyl (C=O) groups is 1. The Kier molecular flexibility index (Phi) is 4.94. The van der Waals surface area contributed by atoms with Crippen molar-refractivity contribution in [1.29, 1.82) is 0 Å². The second kappa shape index (κ2) is 7.11. The van der Waals surface area contributed by atoms with Crippen molar-refractivity contribution < 1.29 is 9.53 Å². The average molecular weight is 331 g/mol. The highest BCUT2D eigenvalue weighted by molar-refractivity contribution is 6.34. The zero-order valence-electron chi connectivity index (χ0n) is 13.0. The van der Waals surface area contributed by atoms with Crippen LogP contribution in [0.1, 0.15) is 21.5 Å². The summed E-state index contributed by atoms with van der Waals surface area (Å²) in [5.41, 5.74) is 2.62. The van der Waals surface area contributed by atoms with Gasteiger partial charge in [-0.25, -0.2) is 0 Å². The summed E-state index contributed by atoms with van der Waals surface area (Å²) in [5, 5.41) is 3.56. The molecule has 0 aliphatic carbocycles. The second-order valence-electron chi connectivity index (χ2n) is 5.87. The van der Waals surface area contributed by atoms with Gasteiger partial charge in [0.1, 0.15) is 0 Å². The first-order valence-corrected chi connectivity index (χ1v) is 8.05. The Morgan fingerprint density at radius 1 is 1.30 bits per heavy atom. The highest BCUT2D eigenvalue weighted by Crippen LogP contribution is 2.22. The molecule has 5 heteroatoms. The number of carbonyl (C=O) groups excluding carboxylic acids is 1. The molecule has 2 atom stereocenters. The van der Waals surface area contributed by atoms with E-state index in [4.69, 9.17) is 16.3 Å². The molecule has 2 heterocycles. The fourth-order valence-electron chi connectivity index (χ4n) is 2.94. The summed E-state index contributed by atoms with van der Waals surface area (Å²) < 4.78 is 5.58. The first-order chi connectivity index (χ1) is 11.1. The third-order valence-corrected chi connectivity index (χ3v) is 4.53. The number of nitrogens with one attached hydrogen (secondary N) is 1. The topological polar surface area (TPSA) is 51.2 Å². The molecule has 1 amide bonds. The lowest BCUT2D eigenvalue weighted by Gasteiger charge is -2.20. The maximum Gasteiger partial charge on any atom is 0.253 e. The number of benzene rings is 1. The van der Waals surface area contributed by atoms with E-state index in [1.54, 1.807) is 18.5 Å². The third-order valence-electron chi connectivity index (χ3n) is 4.21. The number of halogens is 1. The predicted molar refractivity (Wildman–Crippen MR) is 89.7 cm³/mol. The van der Waals surface area contributed by atoms with Crippen LogP contribution in [-0.2, 0) is 11.2 Å². The van der Waals surface area contributed by atoms with Gasteiger partial charge in [-0.1, -0.05) is 23.7 Å². The number of hydrogen-bond donors (Lipinski definition) is 1. The molecule has 0 radical (unpaired) electrons. The van der Waals surface area contributed by atoms with Crippen molar-refractivity contribution in [3.8, 4) is 0 Å². The van der Waals surface area contributed by atoms with E-state index in [1.807, 2.05) is 31.2 Å². The van der Waals surface area contributed by atoms with Gasteiger partial charge in [-0.2, -0.15) is 0 Å². The molecule has 1 aliphatic rings. The van der Waals surface area contributed by atoms with Crippen molar-refractivity contribution in [2.75, 3.05) is 13.2 Å². The van der Waals surface area contributed by atoms with Crippen LogP contribution in [0.5, 0.6) is 0 Å². The molecule has 0 spiro atoms. The minimum Gasteiger partial charge on any atom is -0.379 e. The average Bonchev–Trinajstić information content (AvgIpc) is 2.95. The summed E-state index contributed by atoms with van der Waals surface area (Å²) in [7, 11) is 0. The molecule has 1 N–H and O–H groups in total. The highest BCUT2D eigenvalue weighted by atomic mass is 35.5. The molecule has 0 bridgehead atoms. The summed E-state index contributed by atoms with van der Waals surface area (Å²) in [6.07, 6.45) is 4.42. The van der Waals surface area contributed by atoms with Gasteiger partial charge in [0.05, 0.1) is 29.8 Å². The molecule has 0 saturated carbocycles. The normalized spacial score (nSPS) is 20.4. The maximum absolute atomic E-state index is 12.6. The predicted octanol–water partition coefficient (Wildman–Crippen LogP) is 3.03. The molecular formula is C18H19ClN2O2. The molecule has 3 rings (SSSR count). The Hall–Kier alpha value is -1.91. The first-order valence-electron chi connectivity index (χ1n) is 7.68. The SMILES string of the molecule is Cc1cccc(Cl)c1C(=O)N[C@H]1COC[C@H]1Cc1ccncc1. The van der Waals surface area contributed by atoms with Gasteiger partial charge < -0.3 is 10.1 Å². The number of pyridine rings is 1. The number of aryl methyl sites for hydroxylation is 1. The minimum absolute atomic E-state index is 0.00802. The van der Waals surface area contributed by atoms with Crippen molar-refractivity contribution in [3.63, 3.8) is 0 Å². The lowest BCUT2D eigenvalue weighted by atomic mass is 9.95. The van der Waals surface area contributed by atoms with E-state index in [1.165, 1.54) is 5.56 Å². The van der Waals surface area contributed by atoms with E-state index in [9.17, 15) is 4.79 Å². The number of ether oxygens (including phenoxy) is 1. The van der Waals surface area contributed by atoms with Gasteiger partial charge in [0, 0.05) is 18.3 Å². The molecule has 23 heavy (non-hydrogen) atoms. The minimum atomic E-state index is -0.136. The largest absolute Gasteiger partial charge is 0.379 e. The van der Waals surface area contributed by atoms with E-state index >= 15 is 0 Å². The summed E-state index contributed by atoms with van der Waals surface area (Å²) in [4.78, 5) is 16.6. The fraction of sp³-hybridized carbons (Fsp3) is 0.333. The standard InChI is InChI=1S/C18H19ClN2O2/c1-12-3-2-4-15(19)17(12)18(22)21-16-11-23-10-14(16)9-13-5-7-20-8-6-13/h2-8,14,16H,9-11H2,1H3,(H,21,22)/t14-,16+/m1/s1. The molecule has 1 aromatic heterocycles. The summed E-state index contributed by atoms with van der Waals surface area (Å²) in [6.45, 7) is 3.07. The van der Waals surface area contributed by atoms with Crippen LogP contribution in [0.2, 0.25) is 5.02 Å². The molecule has 4 nitrogen and oxygen atoms in total. The van der Waals surface area contributed by atoms with Gasteiger partial charge in [-0.15, -0.1) is 0 Å². The van der Waals surface area contributed by atoms with Crippen molar-refractivity contribution >= 4 is 17.5 Å². The zero-order valence-corrected chi connectivity index (χ0v) is 13.7. The molecule has 2 aromatic rings. The fourth-order valence-corrected chi connectivity index (χ4v) is 3.25. The van der Waals surface area contributed by atoms with Gasteiger partial charge in [-0.05, 0) is 42.7 Å². The van der Waals surface area contributed by atoms with Crippen LogP contribution in [-0.4, -0.2) is 30.1 Å². The Bertz CT molecular complexity index is 670. The zero-order chi connectivity index (χ0) is 16.2. The Morgan fingerprint density at radius 3 is 2.83 bits per heavy atom. The number of nitrogens with zero attached hydrogens (tertiary/aromatic N) is 1. The molecule has 1 aromatic carbocycles. The molecule has 0 unspecified atom stereocenters. The quantitative estimate of drug-likeness (QED) is 0.937. The van der Waals surface area contributed by atoms with Gasteiger partial charge in [-0.3, -0.25) is 9.78 Å². The van der Waals surface area contributed by atoms with Crippen molar-refractivity contribution in [2.24, 2.45) is 5.92 Å². The molecule has 1 saturated heterocycles. The van der Waals surface area contributed by atoms with Gasteiger partial charge >= 0.3 is 0 Å². The summed E-state index contributed by atoms with van der Waals surface area (Å²) in [5.74, 6) is 0.118. The Balaban J connectivity index is 1.70. The highest BCUT2D eigenvalue weighted by Gasteiger charge is 2.30. The van der Waals surface area contributed by atoms with Crippen LogP contribution in [0.15, 0.2) is 42.7 Å². The van der Waals surface area contributed by atoms with Crippen molar-refractivity contribution in [3.05, 3.63) is 64.4 Å². The third kappa shape index (κ3) is 3.71. The van der Waals surface area contributed by atoms with Crippen LogP contribution in [0.3, 0.4) is 0 Å². The number of hydrogen-bond acceptors (Lipinski definition) is 3. The van der Waals surface area contributed by atoms with Crippen LogP contribution >= 0.6 is 11.6 Å². The van der Waals surface area contributed by atoms with E-state index in [0.29, 0.717) is 23.8 Å².